The van der Waals surface area contributed by atoms with Gasteiger partial charge in [0.15, 0.2) is 0 Å². The zero-order chi connectivity index (χ0) is 14.5. The predicted molar refractivity (Wildman–Crippen MR) is 89.8 cm³/mol. The van der Waals surface area contributed by atoms with Crippen molar-refractivity contribution in [1.82, 2.24) is 15.5 Å². The Hall–Kier alpha value is -1.56. The van der Waals surface area contributed by atoms with Crippen molar-refractivity contribution in [2.45, 2.75) is 19.4 Å². The van der Waals surface area contributed by atoms with E-state index in [1.165, 1.54) is 5.56 Å². The minimum atomic E-state index is 0.121. The van der Waals surface area contributed by atoms with Gasteiger partial charge in [0.05, 0.1) is 6.04 Å². The molecule has 3 aromatic rings. The maximum absolute atomic E-state index is 4.41. The zero-order valence-corrected chi connectivity index (χ0v) is 13.5. The van der Waals surface area contributed by atoms with Crippen molar-refractivity contribution >= 4 is 22.7 Å². The largest absolute Gasteiger partial charge is 0.304 e. The number of aromatic nitrogens is 2. The molecule has 2 heterocycles. The Morgan fingerprint density at radius 1 is 1.14 bits per heavy atom. The van der Waals surface area contributed by atoms with Crippen LogP contribution in [0.5, 0.6) is 0 Å². The summed E-state index contributed by atoms with van der Waals surface area (Å²) in [5.41, 5.74) is 2.39. The van der Waals surface area contributed by atoms with E-state index in [9.17, 15) is 0 Å². The number of thiophene rings is 1. The molecule has 0 saturated carbocycles. The van der Waals surface area contributed by atoms with Crippen molar-refractivity contribution in [2.75, 3.05) is 6.54 Å². The van der Waals surface area contributed by atoms with Crippen molar-refractivity contribution in [3.05, 3.63) is 57.7 Å². The Kier molecular flexibility index (Phi) is 4.75. The average Bonchev–Trinajstić information content (AvgIpc) is 3.20. The summed E-state index contributed by atoms with van der Waals surface area (Å²) in [7, 11) is 0. The van der Waals surface area contributed by atoms with E-state index in [1.54, 1.807) is 22.7 Å². The van der Waals surface area contributed by atoms with Gasteiger partial charge in [0.2, 0.25) is 0 Å². The molecule has 21 heavy (non-hydrogen) atoms. The number of nitrogens with zero attached hydrogens (tertiary/aromatic N) is 2. The van der Waals surface area contributed by atoms with E-state index in [-0.39, 0.29) is 6.04 Å². The lowest BCUT2D eigenvalue weighted by Gasteiger charge is -2.15. The molecule has 0 radical (unpaired) electrons. The minimum Gasteiger partial charge on any atom is -0.304 e. The van der Waals surface area contributed by atoms with Crippen LogP contribution >= 0.6 is 22.7 Å². The Labute approximate surface area is 132 Å². The first-order valence-electron chi connectivity index (χ1n) is 7.02. The van der Waals surface area contributed by atoms with Crippen molar-refractivity contribution in [3.63, 3.8) is 0 Å². The van der Waals surface area contributed by atoms with Crippen LogP contribution in [0.1, 0.15) is 30.0 Å². The van der Waals surface area contributed by atoms with E-state index >= 15 is 0 Å². The van der Waals surface area contributed by atoms with Gasteiger partial charge in [-0.2, -0.15) is 11.3 Å². The third-order valence-electron chi connectivity index (χ3n) is 3.19. The van der Waals surface area contributed by atoms with E-state index in [0.717, 1.165) is 28.5 Å². The Bertz CT molecular complexity index is 662. The quantitative estimate of drug-likeness (QED) is 0.734. The van der Waals surface area contributed by atoms with Gasteiger partial charge in [0, 0.05) is 10.9 Å². The summed E-state index contributed by atoms with van der Waals surface area (Å²) in [4.78, 5) is 0. The molecule has 1 unspecified atom stereocenters. The molecule has 0 spiro atoms. The summed E-state index contributed by atoms with van der Waals surface area (Å²) in [6.45, 7) is 3.14. The lowest BCUT2D eigenvalue weighted by molar-refractivity contribution is 0.592. The zero-order valence-electron chi connectivity index (χ0n) is 11.8. The van der Waals surface area contributed by atoms with Gasteiger partial charge in [-0.3, -0.25) is 0 Å². The highest BCUT2D eigenvalue weighted by molar-refractivity contribution is 7.15. The van der Waals surface area contributed by atoms with Gasteiger partial charge < -0.3 is 5.32 Å². The van der Waals surface area contributed by atoms with Crippen molar-refractivity contribution in [3.8, 4) is 10.6 Å². The molecule has 2 aromatic heterocycles. The summed E-state index contributed by atoms with van der Waals surface area (Å²) in [6.07, 6.45) is 1.10. The lowest BCUT2D eigenvalue weighted by atomic mass is 10.1. The first-order valence-corrected chi connectivity index (χ1v) is 8.78. The smallest absolute Gasteiger partial charge is 0.148 e. The molecule has 108 valence electrons. The minimum absolute atomic E-state index is 0.121. The van der Waals surface area contributed by atoms with Crippen molar-refractivity contribution in [1.29, 1.82) is 0 Å². The van der Waals surface area contributed by atoms with Gasteiger partial charge in [-0.1, -0.05) is 48.6 Å². The highest BCUT2D eigenvalue weighted by Crippen LogP contribution is 2.30. The molecule has 0 bridgehead atoms. The summed E-state index contributed by atoms with van der Waals surface area (Å²) in [6, 6.07) is 12.7. The fraction of sp³-hybridized carbons (Fsp3) is 0.250. The van der Waals surface area contributed by atoms with Crippen LogP contribution in [0.4, 0.5) is 0 Å². The van der Waals surface area contributed by atoms with Crippen LogP contribution < -0.4 is 5.32 Å². The second-order valence-corrected chi connectivity index (χ2v) is 6.54. The summed E-state index contributed by atoms with van der Waals surface area (Å²) >= 11 is 3.35. The fourth-order valence-corrected chi connectivity index (χ4v) is 3.79. The Morgan fingerprint density at radius 3 is 2.71 bits per heavy atom. The molecule has 0 aliphatic rings. The molecule has 0 fully saturated rings. The molecule has 0 saturated heterocycles. The predicted octanol–water partition coefficient (Wildman–Crippen LogP) is 4.36. The van der Waals surface area contributed by atoms with Crippen molar-refractivity contribution in [2.24, 2.45) is 0 Å². The van der Waals surface area contributed by atoms with Crippen LogP contribution in [0.2, 0.25) is 0 Å². The number of nitrogens with one attached hydrogen (secondary N) is 1. The van der Waals surface area contributed by atoms with E-state index in [4.69, 9.17) is 0 Å². The normalized spacial score (nSPS) is 12.4. The Balaban J connectivity index is 1.90. The number of rotatable bonds is 6. The van der Waals surface area contributed by atoms with Gasteiger partial charge in [0.25, 0.3) is 0 Å². The molecule has 3 rings (SSSR count). The van der Waals surface area contributed by atoms with Gasteiger partial charge in [0.1, 0.15) is 10.0 Å². The first-order chi connectivity index (χ1) is 10.4. The average molecular weight is 315 g/mol. The fourth-order valence-electron chi connectivity index (χ4n) is 2.14. The van der Waals surface area contributed by atoms with Crippen LogP contribution in [0.15, 0.2) is 47.2 Å². The molecule has 0 aliphatic heterocycles. The summed E-state index contributed by atoms with van der Waals surface area (Å²) in [5.74, 6) is 0. The van der Waals surface area contributed by atoms with Crippen molar-refractivity contribution < 1.29 is 0 Å². The number of hydrogen-bond donors (Lipinski definition) is 1. The number of benzene rings is 1. The third-order valence-corrected chi connectivity index (χ3v) is 4.91. The SMILES string of the molecule is CCCNC(c1ccccc1)c1nnc(-c2ccsc2)s1. The van der Waals surface area contributed by atoms with Gasteiger partial charge in [-0.25, -0.2) is 0 Å². The second-order valence-electron chi connectivity index (χ2n) is 4.76. The first kappa shape index (κ1) is 14.4. The molecular formula is C16H17N3S2. The molecule has 0 amide bonds. The standard InChI is InChI=1S/C16H17N3S2/c1-2-9-17-14(12-6-4-3-5-7-12)16-19-18-15(21-16)13-8-10-20-11-13/h3-8,10-11,14,17H,2,9H2,1H3. The van der Waals surface area contributed by atoms with E-state index in [1.807, 2.05) is 6.07 Å². The van der Waals surface area contributed by atoms with Gasteiger partial charge in [-0.15, -0.1) is 10.2 Å². The summed E-state index contributed by atoms with van der Waals surface area (Å²) in [5, 5.41) is 18.5. The van der Waals surface area contributed by atoms with Crippen LogP contribution in [-0.4, -0.2) is 16.7 Å². The van der Waals surface area contributed by atoms with Crippen LogP contribution in [0.3, 0.4) is 0 Å². The maximum atomic E-state index is 4.41. The van der Waals surface area contributed by atoms with Crippen LogP contribution in [0.25, 0.3) is 10.6 Å². The molecule has 1 aromatic carbocycles. The molecule has 1 N–H and O–H groups in total. The Morgan fingerprint density at radius 2 is 2.00 bits per heavy atom. The topological polar surface area (TPSA) is 37.8 Å². The highest BCUT2D eigenvalue weighted by atomic mass is 32.1. The summed E-state index contributed by atoms with van der Waals surface area (Å²) < 4.78 is 0. The lowest BCUT2D eigenvalue weighted by Crippen LogP contribution is -2.23. The molecule has 0 aliphatic carbocycles. The number of hydrogen-bond acceptors (Lipinski definition) is 5. The van der Waals surface area contributed by atoms with Crippen LogP contribution in [-0.2, 0) is 0 Å². The molecule has 3 nitrogen and oxygen atoms in total. The highest BCUT2D eigenvalue weighted by Gasteiger charge is 2.18. The van der Waals surface area contributed by atoms with Crippen LogP contribution in [0, 0.1) is 0 Å². The molecule has 5 heteroatoms. The molecule has 1 atom stereocenters. The molecular weight excluding hydrogens is 298 g/mol. The maximum Gasteiger partial charge on any atom is 0.148 e. The second kappa shape index (κ2) is 6.93. The van der Waals surface area contributed by atoms with Gasteiger partial charge in [-0.05, 0) is 30.0 Å². The monoisotopic (exact) mass is 315 g/mol. The van der Waals surface area contributed by atoms with Gasteiger partial charge >= 0.3 is 0 Å². The third kappa shape index (κ3) is 3.37. The van der Waals surface area contributed by atoms with E-state index in [0.29, 0.717) is 0 Å². The van der Waals surface area contributed by atoms with E-state index in [2.05, 4.69) is 63.5 Å². The van der Waals surface area contributed by atoms with E-state index < -0.39 is 0 Å².